The monoisotopic (exact) mass is 397 g/mol. The van der Waals surface area contributed by atoms with E-state index < -0.39 is 17.2 Å². The second-order valence-electron chi connectivity index (χ2n) is 8.96. The summed E-state index contributed by atoms with van der Waals surface area (Å²) in [6, 6.07) is 0.281. The van der Waals surface area contributed by atoms with Crippen molar-refractivity contribution in [2.45, 2.75) is 90.8 Å². The fourth-order valence-electron chi connectivity index (χ4n) is 2.94. The van der Waals surface area contributed by atoms with Gasteiger partial charge in [0.25, 0.3) is 0 Å². The van der Waals surface area contributed by atoms with Crippen LogP contribution in [0.4, 0.5) is 4.79 Å². The van der Waals surface area contributed by atoms with Crippen molar-refractivity contribution in [3.05, 3.63) is 0 Å². The van der Waals surface area contributed by atoms with Gasteiger partial charge in [0.2, 0.25) is 5.91 Å². The Labute approximate surface area is 169 Å². The van der Waals surface area contributed by atoms with Gasteiger partial charge in [-0.05, 0) is 54.4 Å². The van der Waals surface area contributed by atoms with Crippen LogP contribution in [0.15, 0.2) is 4.99 Å². The van der Waals surface area contributed by atoms with Crippen LogP contribution in [0.1, 0.15) is 73.6 Å². The van der Waals surface area contributed by atoms with E-state index in [9.17, 15) is 9.59 Å². The topological polar surface area (TPSA) is 104 Å². The molecule has 162 valence electrons. The van der Waals surface area contributed by atoms with Crippen LogP contribution >= 0.6 is 0 Å². The van der Waals surface area contributed by atoms with Crippen molar-refractivity contribution in [3.8, 4) is 0 Å². The Bertz CT molecular complexity index is 534. The maximum atomic E-state index is 12.2. The number of alkyl carbamates (subject to hydrolysis) is 1. The second-order valence-corrected chi connectivity index (χ2v) is 8.96. The standard InChI is InChI=1S/C20H39N5O3/c1-7-21-17(22-13-16(26)24-15-11-9-8-10-12-15)23-14-20(5,6)25-18(27)28-19(2,3)4/h15H,7-14H2,1-6H3,(H,24,26)(H,25,27)(H2,21,22,23). The predicted molar refractivity (Wildman–Crippen MR) is 112 cm³/mol. The predicted octanol–water partition coefficient (Wildman–Crippen LogP) is 2.29. The fourth-order valence-corrected chi connectivity index (χ4v) is 2.94. The minimum absolute atomic E-state index is 0.0600. The van der Waals surface area contributed by atoms with Gasteiger partial charge in [-0.2, -0.15) is 0 Å². The lowest BCUT2D eigenvalue weighted by Crippen LogP contribution is -2.54. The maximum absolute atomic E-state index is 12.2. The van der Waals surface area contributed by atoms with E-state index in [1.807, 2.05) is 41.5 Å². The number of amides is 2. The van der Waals surface area contributed by atoms with Gasteiger partial charge in [0.1, 0.15) is 12.1 Å². The molecule has 1 rings (SSSR count). The summed E-state index contributed by atoms with van der Waals surface area (Å²) in [6.07, 6.45) is 5.26. The number of hydrogen-bond donors (Lipinski definition) is 4. The van der Waals surface area contributed by atoms with E-state index in [0.29, 0.717) is 19.0 Å². The van der Waals surface area contributed by atoms with Crippen LogP contribution in [0, 0.1) is 0 Å². The van der Waals surface area contributed by atoms with Crippen LogP contribution in [0.5, 0.6) is 0 Å². The minimum Gasteiger partial charge on any atom is -0.444 e. The quantitative estimate of drug-likeness (QED) is 0.390. The minimum atomic E-state index is -0.553. The molecular weight excluding hydrogens is 358 g/mol. The van der Waals surface area contributed by atoms with Crippen LogP contribution in [0.25, 0.3) is 0 Å². The normalized spacial score (nSPS) is 16.3. The molecule has 4 N–H and O–H groups in total. The van der Waals surface area contributed by atoms with Crippen LogP contribution in [0.2, 0.25) is 0 Å². The van der Waals surface area contributed by atoms with Crippen molar-refractivity contribution in [2.75, 3.05) is 19.6 Å². The van der Waals surface area contributed by atoms with Crippen LogP contribution in [-0.2, 0) is 9.53 Å². The summed E-state index contributed by atoms with van der Waals surface area (Å²) >= 11 is 0. The first-order valence-electron chi connectivity index (χ1n) is 10.3. The average molecular weight is 398 g/mol. The summed E-state index contributed by atoms with van der Waals surface area (Å²) in [6.45, 7) is 12.4. The van der Waals surface area contributed by atoms with Gasteiger partial charge in [-0.15, -0.1) is 0 Å². The van der Waals surface area contributed by atoms with E-state index >= 15 is 0 Å². The highest BCUT2D eigenvalue weighted by Gasteiger charge is 2.25. The Morgan fingerprint density at radius 3 is 2.25 bits per heavy atom. The number of carbonyl (C=O) groups excluding carboxylic acids is 2. The zero-order valence-corrected chi connectivity index (χ0v) is 18.4. The van der Waals surface area contributed by atoms with Crippen molar-refractivity contribution in [2.24, 2.45) is 4.99 Å². The molecule has 1 fully saturated rings. The van der Waals surface area contributed by atoms with E-state index in [0.717, 1.165) is 12.8 Å². The van der Waals surface area contributed by atoms with E-state index in [-0.39, 0.29) is 18.5 Å². The highest BCUT2D eigenvalue weighted by Crippen LogP contribution is 2.17. The molecule has 28 heavy (non-hydrogen) atoms. The lowest BCUT2D eigenvalue weighted by molar-refractivity contribution is -0.120. The van der Waals surface area contributed by atoms with Crippen molar-refractivity contribution in [3.63, 3.8) is 0 Å². The Hall–Kier alpha value is -1.99. The number of guanidine groups is 1. The molecule has 0 saturated heterocycles. The van der Waals surface area contributed by atoms with Crippen LogP contribution < -0.4 is 21.3 Å². The third-order valence-electron chi connectivity index (χ3n) is 4.23. The summed E-state index contributed by atoms with van der Waals surface area (Å²) in [5.74, 6) is 0.482. The molecule has 0 heterocycles. The third-order valence-corrected chi connectivity index (χ3v) is 4.23. The number of hydrogen-bond acceptors (Lipinski definition) is 4. The number of nitrogens with zero attached hydrogens (tertiary/aromatic N) is 1. The van der Waals surface area contributed by atoms with Crippen molar-refractivity contribution in [1.29, 1.82) is 0 Å². The van der Waals surface area contributed by atoms with Gasteiger partial charge in [0.15, 0.2) is 5.96 Å². The molecule has 2 amide bonds. The molecule has 0 bridgehead atoms. The Kier molecular flexibility index (Phi) is 9.55. The molecule has 8 nitrogen and oxygen atoms in total. The summed E-state index contributed by atoms with van der Waals surface area (Å²) in [7, 11) is 0. The average Bonchev–Trinajstić information content (AvgIpc) is 2.56. The van der Waals surface area contributed by atoms with Gasteiger partial charge < -0.3 is 26.0 Å². The van der Waals surface area contributed by atoms with Crippen LogP contribution in [0.3, 0.4) is 0 Å². The first-order valence-corrected chi connectivity index (χ1v) is 10.3. The smallest absolute Gasteiger partial charge is 0.408 e. The molecule has 0 unspecified atom stereocenters. The SMILES string of the molecule is CCNC(=NCC(=O)NC1CCCCC1)NCC(C)(C)NC(=O)OC(C)(C)C. The second kappa shape index (κ2) is 11.1. The van der Waals surface area contributed by atoms with Gasteiger partial charge in [-0.25, -0.2) is 9.79 Å². The van der Waals surface area contributed by atoms with Crippen LogP contribution in [-0.4, -0.2) is 54.8 Å². The number of rotatable bonds is 7. The molecule has 0 atom stereocenters. The summed E-state index contributed by atoms with van der Waals surface area (Å²) in [5, 5.41) is 12.2. The van der Waals surface area contributed by atoms with E-state index in [2.05, 4.69) is 26.3 Å². The molecule has 1 saturated carbocycles. The Morgan fingerprint density at radius 2 is 1.68 bits per heavy atom. The Morgan fingerprint density at radius 1 is 1.04 bits per heavy atom. The first kappa shape index (κ1) is 24.0. The Balaban J connectivity index is 2.49. The van der Waals surface area contributed by atoms with Crippen molar-refractivity contribution in [1.82, 2.24) is 21.3 Å². The van der Waals surface area contributed by atoms with E-state index in [1.54, 1.807) is 0 Å². The van der Waals surface area contributed by atoms with E-state index in [1.165, 1.54) is 19.3 Å². The molecule has 0 aromatic heterocycles. The molecular formula is C20H39N5O3. The largest absolute Gasteiger partial charge is 0.444 e. The third kappa shape index (κ3) is 11.0. The van der Waals surface area contributed by atoms with Gasteiger partial charge >= 0.3 is 6.09 Å². The van der Waals surface area contributed by atoms with Gasteiger partial charge in [-0.3, -0.25) is 4.79 Å². The number of carbonyl (C=O) groups is 2. The van der Waals surface area contributed by atoms with Crippen molar-refractivity contribution < 1.29 is 14.3 Å². The summed E-state index contributed by atoms with van der Waals surface area (Å²) in [5.41, 5.74) is -1.10. The molecule has 0 aliphatic heterocycles. The van der Waals surface area contributed by atoms with Crippen molar-refractivity contribution >= 4 is 18.0 Å². The highest BCUT2D eigenvalue weighted by molar-refractivity contribution is 5.85. The lowest BCUT2D eigenvalue weighted by atomic mass is 9.95. The highest BCUT2D eigenvalue weighted by atomic mass is 16.6. The number of aliphatic imine (C=N–C) groups is 1. The number of ether oxygens (including phenoxy) is 1. The first-order chi connectivity index (χ1) is 13.0. The lowest BCUT2D eigenvalue weighted by Gasteiger charge is -2.29. The fraction of sp³-hybridized carbons (Fsp3) is 0.850. The molecule has 1 aliphatic carbocycles. The maximum Gasteiger partial charge on any atom is 0.408 e. The number of nitrogens with one attached hydrogen (secondary N) is 4. The molecule has 0 aromatic rings. The summed E-state index contributed by atoms with van der Waals surface area (Å²) < 4.78 is 5.30. The zero-order chi connectivity index (χ0) is 21.2. The van der Waals surface area contributed by atoms with E-state index in [4.69, 9.17) is 4.74 Å². The molecule has 0 aromatic carbocycles. The summed E-state index contributed by atoms with van der Waals surface area (Å²) in [4.78, 5) is 28.5. The molecule has 1 aliphatic rings. The molecule has 0 radical (unpaired) electrons. The molecule has 0 spiro atoms. The zero-order valence-electron chi connectivity index (χ0n) is 18.4. The molecule has 8 heteroatoms. The van der Waals surface area contributed by atoms with Gasteiger partial charge in [0.05, 0.1) is 5.54 Å². The van der Waals surface area contributed by atoms with Gasteiger partial charge in [-0.1, -0.05) is 19.3 Å². The van der Waals surface area contributed by atoms with Gasteiger partial charge in [0, 0.05) is 19.1 Å².